The molecule has 0 fully saturated rings. The minimum atomic E-state index is 0.738. The van der Waals surface area contributed by atoms with Crippen LogP contribution in [0.3, 0.4) is 0 Å². The van der Waals surface area contributed by atoms with Crippen LogP contribution in [0.2, 0.25) is 5.02 Å². The predicted molar refractivity (Wildman–Crippen MR) is 51.1 cm³/mol. The van der Waals surface area contributed by atoms with Crippen molar-refractivity contribution in [1.29, 1.82) is 0 Å². The fraction of sp³-hybridized carbons (Fsp3) is 0.111. The fourth-order valence-corrected chi connectivity index (χ4v) is 1.27. The quantitative estimate of drug-likeness (QED) is 0.626. The lowest BCUT2D eigenvalue weighted by atomic mass is 10.1. The van der Waals surface area contributed by atoms with Gasteiger partial charge in [-0.1, -0.05) is 35.3 Å². The van der Waals surface area contributed by atoms with E-state index in [0.29, 0.717) is 0 Å². The lowest BCUT2D eigenvalue weighted by Gasteiger charge is -1.97. The van der Waals surface area contributed by atoms with Gasteiger partial charge in [-0.25, -0.2) is 0 Å². The number of hydrogen-bond acceptors (Lipinski definition) is 0. The van der Waals surface area contributed by atoms with Gasteiger partial charge in [0, 0.05) is 10.6 Å². The Morgan fingerprint density at radius 3 is 2.64 bits per heavy atom. The van der Waals surface area contributed by atoms with Gasteiger partial charge in [0.1, 0.15) is 0 Å². The second kappa shape index (κ2) is 3.80. The van der Waals surface area contributed by atoms with E-state index in [1.165, 1.54) is 5.54 Å². The highest BCUT2D eigenvalue weighted by Crippen LogP contribution is 2.18. The van der Waals surface area contributed by atoms with Gasteiger partial charge < -0.3 is 0 Å². The third-order valence-corrected chi connectivity index (χ3v) is 1.85. The molecule has 2 heteroatoms. The van der Waals surface area contributed by atoms with Crippen LogP contribution in [0.1, 0.15) is 11.1 Å². The maximum atomic E-state index is 5.90. The van der Waals surface area contributed by atoms with E-state index in [2.05, 4.69) is 0 Å². The molecule has 0 saturated heterocycles. The van der Waals surface area contributed by atoms with Gasteiger partial charge in [0.25, 0.3) is 0 Å². The number of benzene rings is 1. The molecule has 0 nitrogen and oxygen atoms in total. The fourth-order valence-electron chi connectivity index (χ4n) is 0.835. The van der Waals surface area contributed by atoms with Crippen LogP contribution in [0.5, 0.6) is 0 Å². The lowest BCUT2D eigenvalue weighted by molar-refractivity contribution is 1.46. The molecule has 0 atom stereocenters. The summed E-state index contributed by atoms with van der Waals surface area (Å²) in [4.78, 5) is 0. The van der Waals surface area contributed by atoms with E-state index in [0.717, 1.165) is 16.1 Å². The van der Waals surface area contributed by atoms with E-state index in [-0.39, 0.29) is 0 Å². The first kappa shape index (κ1) is 8.63. The monoisotopic (exact) mass is 186 g/mol. The molecule has 0 aromatic heterocycles. The zero-order chi connectivity index (χ0) is 8.27. The third-order valence-electron chi connectivity index (χ3n) is 1.40. The Bertz CT molecular complexity index is 277. The van der Waals surface area contributed by atoms with Crippen LogP contribution in [-0.2, 0) is 0 Å². The number of aryl methyl sites for hydroxylation is 1. The van der Waals surface area contributed by atoms with Crippen molar-refractivity contribution in [3.05, 3.63) is 39.9 Å². The largest absolute Gasteiger partial charge is 0.0929 e. The van der Waals surface area contributed by atoms with E-state index < -0.39 is 0 Å². The third kappa shape index (κ3) is 2.25. The van der Waals surface area contributed by atoms with E-state index in [4.69, 9.17) is 23.2 Å². The first-order valence-electron chi connectivity index (χ1n) is 3.27. The molecule has 11 heavy (non-hydrogen) atoms. The van der Waals surface area contributed by atoms with Crippen molar-refractivity contribution >= 4 is 29.3 Å². The Labute approximate surface area is 76.4 Å². The summed E-state index contributed by atoms with van der Waals surface area (Å²) < 4.78 is 0. The molecule has 1 rings (SSSR count). The van der Waals surface area contributed by atoms with Gasteiger partial charge in [0.05, 0.1) is 0 Å². The van der Waals surface area contributed by atoms with Crippen molar-refractivity contribution in [2.24, 2.45) is 0 Å². The average Bonchev–Trinajstić information content (AvgIpc) is 1.95. The molecule has 1 aromatic carbocycles. The summed E-state index contributed by atoms with van der Waals surface area (Å²) in [7, 11) is 0. The molecular formula is C9H8Cl2. The Morgan fingerprint density at radius 1 is 1.36 bits per heavy atom. The summed E-state index contributed by atoms with van der Waals surface area (Å²) in [5, 5.41) is 0.738. The van der Waals surface area contributed by atoms with Crippen molar-refractivity contribution < 1.29 is 0 Å². The first-order valence-corrected chi connectivity index (χ1v) is 4.08. The summed E-state index contributed by atoms with van der Waals surface area (Å²) in [5.41, 5.74) is 3.56. The molecule has 0 unspecified atom stereocenters. The van der Waals surface area contributed by atoms with E-state index >= 15 is 0 Å². The van der Waals surface area contributed by atoms with Crippen molar-refractivity contribution in [3.8, 4) is 0 Å². The molecule has 0 heterocycles. The molecule has 0 radical (unpaired) electrons. The standard InChI is InChI=1S/C9H8Cl2/c1-7-2-3-8(4-5-10)9(11)6-7/h2-6H,1H3. The summed E-state index contributed by atoms with van der Waals surface area (Å²) in [6.07, 6.45) is 1.77. The van der Waals surface area contributed by atoms with Gasteiger partial charge in [-0.2, -0.15) is 0 Å². The van der Waals surface area contributed by atoms with Crippen molar-refractivity contribution in [3.63, 3.8) is 0 Å². The van der Waals surface area contributed by atoms with E-state index in [9.17, 15) is 0 Å². The van der Waals surface area contributed by atoms with Gasteiger partial charge in [-0.15, -0.1) is 0 Å². The van der Waals surface area contributed by atoms with Crippen molar-refractivity contribution in [1.82, 2.24) is 0 Å². The second-order valence-corrected chi connectivity index (χ2v) is 2.98. The Balaban J connectivity index is 3.09. The molecule has 0 spiro atoms. The van der Waals surface area contributed by atoms with Crippen LogP contribution in [0, 0.1) is 6.92 Å². The highest BCUT2D eigenvalue weighted by atomic mass is 35.5. The zero-order valence-electron chi connectivity index (χ0n) is 6.14. The molecule has 0 amide bonds. The second-order valence-electron chi connectivity index (χ2n) is 2.32. The SMILES string of the molecule is Cc1ccc(C=CCl)c(Cl)c1. The van der Waals surface area contributed by atoms with Crippen LogP contribution in [0.15, 0.2) is 23.7 Å². The van der Waals surface area contributed by atoms with Crippen molar-refractivity contribution in [2.75, 3.05) is 0 Å². The number of rotatable bonds is 1. The molecule has 0 bridgehead atoms. The highest BCUT2D eigenvalue weighted by molar-refractivity contribution is 6.33. The van der Waals surface area contributed by atoms with E-state index in [1.807, 2.05) is 25.1 Å². The van der Waals surface area contributed by atoms with Crippen molar-refractivity contribution in [2.45, 2.75) is 6.92 Å². The van der Waals surface area contributed by atoms with Gasteiger partial charge >= 0.3 is 0 Å². The summed E-state index contributed by atoms with van der Waals surface area (Å²) in [6.45, 7) is 2.00. The van der Waals surface area contributed by atoms with Gasteiger partial charge in [-0.3, -0.25) is 0 Å². The van der Waals surface area contributed by atoms with Gasteiger partial charge in [0.15, 0.2) is 0 Å². The smallest absolute Gasteiger partial charge is 0.0481 e. The van der Waals surface area contributed by atoms with Crippen LogP contribution in [-0.4, -0.2) is 0 Å². The summed E-state index contributed by atoms with van der Waals surface area (Å²) >= 11 is 11.3. The molecular weight excluding hydrogens is 179 g/mol. The van der Waals surface area contributed by atoms with Crippen LogP contribution in [0.4, 0.5) is 0 Å². The number of halogens is 2. The highest BCUT2D eigenvalue weighted by Gasteiger charge is 1.94. The summed E-state index contributed by atoms with van der Waals surface area (Å²) in [6, 6.07) is 5.85. The maximum Gasteiger partial charge on any atom is 0.0481 e. The van der Waals surface area contributed by atoms with E-state index in [1.54, 1.807) is 6.08 Å². The predicted octanol–water partition coefficient (Wildman–Crippen LogP) is 3.86. The van der Waals surface area contributed by atoms with Gasteiger partial charge in [-0.05, 0) is 30.2 Å². The molecule has 0 N–H and O–H groups in total. The van der Waals surface area contributed by atoms with Crippen LogP contribution >= 0.6 is 23.2 Å². The van der Waals surface area contributed by atoms with Gasteiger partial charge in [0.2, 0.25) is 0 Å². The summed E-state index contributed by atoms with van der Waals surface area (Å²) in [5.74, 6) is 0. The molecule has 1 aromatic rings. The minimum Gasteiger partial charge on any atom is -0.0929 e. The van der Waals surface area contributed by atoms with Crippen LogP contribution in [0.25, 0.3) is 6.08 Å². The Hall–Kier alpha value is -0.460. The zero-order valence-corrected chi connectivity index (χ0v) is 7.65. The minimum absolute atomic E-state index is 0.738. The molecule has 0 saturated carbocycles. The lowest BCUT2D eigenvalue weighted by Crippen LogP contribution is -1.76. The molecule has 0 aliphatic carbocycles. The molecule has 58 valence electrons. The maximum absolute atomic E-state index is 5.90. The molecule has 0 aliphatic rings. The Kier molecular flexibility index (Phi) is 2.98. The number of hydrogen-bond donors (Lipinski definition) is 0. The normalized spacial score (nSPS) is 10.8. The Morgan fingerprint density at radius 2 is 2.09 bits per heavy atom. The average molecular weight is 187 g/mol. The molecule has 0 aliphatic heterocycles. The van der Waals surface area contributed by atoms with Crippen LogP contribution < -0.4 is 0 Å². The topological polar surface area (TPSA) is 0 Å². The first-order chi connectivity index (χ1) is 5.24.